The third kappa shape index (κ3) is 4.40. The quantitative estimate of drug-likeness (QED) is 0.698. The van der Waals surface area contributed by atoms with E-state index in [4.69, 9.17) is 9.47 Å². The normalized spacial score (nSPS) is 16.2. The molecular formula is C22H26FN3O5. The van der Waals surface area contributed by atoms with Crippen molar-refractivity contribution in [3.05, 3.63) is 41.8 Å². The van der Waals surface area contributed by atoms with Crippen LogP contribution in [0.25, 0.3) is 11.1 Å². The highest BCUT2D eigenvalue weighted by atomic mass is 19.1. The number of rotatable bonds is 6. The molecule has 0 aliphatic carbocycles. The van der Waals surface area contributed by atoms with Gasteiger partial charge < -0.3 is 24.4 Å². The molecule has 1 amide bonds. The fourth-order valence-corrected chi connectivity index (χ4v) is 3.85. The van der Waals surface area contributed by atoms with E-state index in [9.17, 15) is 14.7 Å². The molecule has 3 rings (SSSR count). The van der Waals surface area contributed by atoms with E-state index in [0.29, 0.717) is 30.8 Å². The van der Waals surface area contributed by atoms with Crippen LogP contribution in [0.1, 0.15) is 30.6 Å². The van der Waals surface area contributed by atoms with E-state index in [0.717, 1.165) is 0 Å². The first-order valence-corrected chi connectivity index (χ1v) is 10.2. The highest BCUT2D eigenvalue weighted by Crippen LogP contribution is 2.37. The number of hydrogen-bond donors (Lipinski definition) is 1. The Bertz CT molecular complexity index is 968. The number of halogens is 1. The first kappa shape index (κ1) is 22.3. The minimum Gasteiger partial charge on any atom is -0.478 e. The van der Waals surface area contributed by atoms with Gasteiger partial charge in [0.15, 0.2) is 0 Å². The van der Waals surface area contributed by atoms with Crippen molar-refractivity contribution in [1.82, 2.24) is 9.88 Å². The Labute approximate surface area is 180 Å². The third-order valence-corrected chi connectivity index (χ3v) is 5.39. The predicted octanol–water partition coefficient (Wildman–Crippen LogP) is 3.65. The maximum absolute atomic E-state index is 15.8. The van der Waals surface area contributed by atoms with Crippen molar-refractivity contribution in [2.24, 2.45) is 0 Å². The van der Waals surface area contributed by atoms with E-state index in [1.807, 2.05) is 11.8 Å². The number of ether oxygens (including phenoxy) is 2. The molecule has 8 nitrogen and oxygen atoms in total. The summed E-state index contributed by atoms with van der Waals surface area (Å²) in [7, 11) is 1.20. The molecule has 0 spiro atoms. The lowest BCUT2D eigenvalue weighted by Crippen LogP contribution is -2.54. The molecule has 31 heavy (non-hydrogen) atoms. The summed E-state index contributed by atoms with van der Waals surface area (Å²) in [6.07, 6.45) is 1.19. The Balaban J connectivity index is 2.10. The van der Waals surface area contributed by atoms with Crippen LogP contribution in [-0.4, -0.2) is 66.4 Å². The van der Waals surface area contributed by atoms with Gasteiger partial charge in [-0.15, -0.1) is 0 Å². The molecule has 1 N–H and O–H groups in total. The van der Waals surface area contributed by atoms with Crippen LogP contribution in [0.4, 0.5) is 14.9 Å². The van der Waals surface area contributed by atoms with Gasteiger partial charge in [0.2, 0.25) is 5.88 Å². The molecular weight excluding hydrogens is 405 g/mol. The molecule has 1 aliphatic rings. The summed E-state index contributed by atoms with van der Waals surface area (Å²) in [5.74, 6) is -1.26. The molecule has 1 fully saturated rings. The fourth-order valence-electron chi connectivity index (χ4n) is 3.85. The monoisotopic (exact) mass is 431 g/mol. The second-order valence-corrected chi connectivity index (χ2v) is 7.09. The van der Waals surface area contributed by atoms with Gasteiger partial charge in [-0.1, -0.05) is 6.92 Å². The molecule has 1 aromatic carbocycles. The Hall–Kier alpha value is -3.36. The highest BCUT2D eigenvalue weighted by molar-refractivity contribution is 5.98. The number of carbonyl (C=O) groups is 2. The number of aromatic nitrogens is 1. The summed E-state index contributed by atoms with van der Waals surface area (Å²) in [4.78, 5) is 31.4. The van der Waals surface area contributed by atoms with Crippen molar-refractivity contribution < 1.29 is 28.6 Å². The molecule has 1 aromatic heterocycles. The number of anilines is 1. The summed E-state index contributed by atoms with van der Waals surface area (Å²) in [5.41, 5.74) is 0.805. The topological polar surface area (TPSA) is 92.2 Å². The van der Waals surface area contributed by atoms with Gasteiger partial charge in [-0.3, -0.25) is 0 Å². The number of esters is 1. The molecule has 1 atom stereocenters. The molecule has 166 valence electrons. The molecule has 2 aromatic rings. The number of carbonyl (C=O) groups excluding carboxylic acids is 1. The SMILES string of the molecule is CCOc1ncccc1-c1ccc(N2CCN(C(=O)O)C[C@H]2CC)c(C(=O)OC)c1F. The Morgan fingerprint density at radius 1 is 1.23 bits per heavy atom. The van der Waals surface area contributed by atoms with Gasteiger partial charge in [-0.25, -0.2) is 19.0 Å². The van der Waals surface area contributed by atoms with Gasteiger partial charge in [-0.2, -0.15) is 0 Å². The first-order chi connectivity index (χ1) is 14.9. The fraction of sp³-hybridized carbons (Fsp3) is 0.409. The van der Waals surface area contributed by atoms with Crippen LogP contribution in [0.5, 0.6) is 5.88 Å². The average molecular weight is 431 g/mol. The van der Waals surface area contributed by atoms with Crippen molar-refractivity contribution in [1.29, 1.82) is 0 Å². The molecule has 0 radical (unpaired) electrons. The van der Waals surface area contributed by atoms with Crippen LogP contribution in [0.15, 0.2) is 30.5 Å². The Morgan fingerprint density at radius 3 is 2.65 bits per heavy atom. The van der Waals surface area contributed by atoms with Crippen LogP contribution < -0.4 is 9.64 Å². The molecule has 0 unspecified atom stereocenters. The van der Waals surface area contributed by atoms with Crippen LogP contribution >= 0.6 is 0 Å². The van der Waals surface area contributed by atoms with E-state index in [1.165, 1.54) is 12.0 Å². The van der Waals surface area contributed by atoms with Crippen molar-refractivity contribution in [3.8, 4) is 17.0 Å². The van der Waals surface area contributed by atoms with E-state index in [2.05, 4.69) is 4.98 Å². The van der Waals surface area contributed by atoms with Crippen molar-refractivity contribution >= 4 is 17.7 Å². The maximum Gasteiger partial charge on any atom is 0.407 e. The number of carboxylic acid groups (broad SMARTS) is 1. The zero-order chi connectivity index (χ0) is 22.5. The molecule has 1 saturated heterocycles. The summed E-state index contributed by atoms with van der Waals surface area (Å²) < 4.78 is 26.2. The van der Waals surface area contributed by atoms with E-state index in [-0.39, 0.29) is 36.1 Å². The van der Waals surface area contributed by atoms with Crippen LogP contribution in [0.3, 0.4) is 0 Å². The van der Waals surface area contributed by atoms with Crippen molar-refractivity contribution in [3.63, 3.8) is 0 Å². The zero-order valence-corrected chi connectivity index (χ0v) is 17.8. The zero-order valence-electron chi connectivity index (χ0n) is 17.8. The van der Waals surface area contributed by atoms with Gasteiger partial charge in [0.05, 0.1) is 19.4 Å². The number of methoxy groups -OCH3 is 1. The molecule has 0 bridgehead atoms. The van der Waals surface area contributed by atoms with E-state index in [1.54, 1.807) is 37.4 Å². The van der Waals surface area contributed by atoms with Crippen molar-refractivity contribution in [2.45, 2.75) is 26.3 Å². The number of amides is 1. The smallest absolute Gasteiger partial charge is 0.407 e. The lowest BCUT2D eigenvalue weighted by Gasteiger charge is -2.42. The van der Waals surface area contributed by atoms with Gasteiger partial charge in [0.1, 0.15) is 11.4 Å². The molecule has 1 aliphatic heterocycles. The Morgan fingerprint density at radius 2 is 2.00 bits per heavy atom. The van der Waals surface area contributed by atoms with Gasteiger partial charge in [-0.05, 0) is 37.6 Å². The second kappa shape index (κ2) is 9.63. The van der Waals surface area contributed by atoms with Crippen LogP contribution in [0.2, 0.25) is 0 Å². The van der Waals surface area contributed by atoms with Crippen LogP contribution in [0, 0.1) is 5.82 Å². The van der Waals surface area contributed by atoms with E-state index < -0.39 is 17.9 Å². The minimum absolute atomic E-state index is 0.179. The summed E-state index contributed by atoms with van der Waals surface area (Å²) >= 11 is 0. The summed E-state index contributed by atoms with van der Waals surface area (Å²) in [5, 5.41) is 9.32. The first-order valence-electron chi connectivity index (χ1n) is 10.2. The van der Waals surface area contributed by atoms with E-state index >= 15 is 4.39 Å². The number of pyridine rings is 1. The number of piperazine rings is 1. The molecule has 0 saturated carbocycles. The van der Waals surface area contributed by atoms with Crippen molar-refractivity contribution in [2.75, 3.05) is 38.3 Å². The number of hydrogen-bond acceptors (Lipinski definition) is 6. The largest absolute Gasteiger partial charge is 0.478 e. The highest BCUT2D eigenvalue weighted by Gasteiger charge is 2.33. The van der Waals surface area contributed by atoms with Gasteiger partial charge in [0.25, 0.3) is 0 Å². The standard InChI is InChI=1S/C22H26FN3O5/c1-4-14-13-25(22(28)29)11-12-26(14)17-9-8-15(19(23)18(17)21(27)30-3)16-7-6-10-24-20(16)31-5-2/h6-10,14H,4-5,11-13H2,1-3H3,(H,28,29)/t14-/m1/s1. The minimum atomic E-state index is -0.993. The third-order valence-electron chi connectivity index (χ3n) is 5.39. The maximum atomic E-state index is 15.8. The second-order valence-electron chi connectivity index (χ2n) is 7.09. The number of nitrogens with zero attached hydrogens (tertiary/aromatic N) is 3. The summed E-state index contributed by atoms with van der Waals surface area (Å²) in [6, 6.07) is 6.41. The lowest BCUT2D eigenvalue weighted by atomic mass is 9.98. The Kier molecular flexibility index (Phi) is 6.94. The summed E-state index contributed by atoms with van der Waals surface area (Å²) in [6.45, 7) is 4.96. The van der Waals surface area contributed by atoms with Crippen LogP contribution in [-0.2, 0) is 4.74 Å². The number of benzene rings is 1. The molecule has 9 heteroatoms. The average Bonchev–Trinajstić information content (AvgIpc) is 2.78. The predicted molar refractivity (Wildman–Crippen MR) is 113 cm³/mol. The van der Waals surface area contributed by atoms with Gasteiger partial charge in [0, 0.05) is 43.0 Å². The molecule has 2 heterocycles. The lowest BCUT2D eigenvalue weighted by molar-refractivity contribution is 0.0595. The van der Waals surface area contributed by atoms with Gasteiger partial charge >= 0.3 is 12.1 Å².